The summed E-state index contributed by atoms with van der Waals surface area (Å²) in [5.41, 5.74) is 0.817. The fourth-order valence-electron chi connectivity index (χ4n) is 2.06. The van der Waals surface area contributed by atoms with Gasteiger partial charge in [0, 0.05) is 19.3 Å². The SMILES string of the molecule is Cn1nccc1C=CC(=O)N[C@@H]1CC[C@@H](O)[C@@H]1O. The van der Waals surface area contributed by atoms with E-state index in [0.717, 1.165) is 5.69 Å². The molecule has 1 aromatic heterocycles. The largest absolute Gasteiger partial charge is 0.390 e. The van der Waals surface area contributed by atoms with E-state index in [2.05, 4.69) is 10.4 Å². The predicted octanol–water partition coefficient (Wildman–Crippen LogP) is -0.566. The van der Waals surface area contributed by atoms with E-state index < -0.39 is 12.2 Å². The number of hydrogen-bond donors (Lipinski definition) is 3. The van der Waals surface area contributed by atoms with Gasteiger partial charge in [-0.25, -0.2) is 0 Å². The highest BCUT2D eigenvalue weighted by atomic mass is 16.3. The molecule has 0 aliphatic heterocycles. The Hall–Kier alpha value is -1.66. The van der Waals surface area contributed by atoms with Crippen LogP contribution in [0.5, 0.6) is 0 Å². The summed E-state index contributed by atoms with van der Waals surface area (Å²) in [5.74, 6) is -0.283. The van der Waals surface area contributed by atoms with E-state index in [1.54, 1.807) is 30.1 Å². The number of carbonyl (C=O) groups is 1. The quantitative estimate of drug-likeness (QED) is 0.628. The van der Waals surface area contributed by atoms with Gasteiger partial charge in [0.1, 0.15) is 6.10 Å². The molecule has 0 bridgehead atoms. The van der Waals surface area contributed by atoms with Crippen LogP contribution in [0.1, 0.15) is 18.5 Å². The molecule has 2 rings (SSSR count). The third kappa shape index (κ3) is 2.77. The number of aliphatic hydroxyl groups excluding tert-OH is 2. The number of rotatable bonds is 3. The fourth-order valence-corrected chi connectivity index (χ4v) is 2.06. The van der Waals surface area contributed by atoms with Crippen molar-refractivity contribution >= 4 is 12.0 Å². The standard InChI is InChI=1S/C12H17N3O3/c1-15-8(6-7-13-15)2-5-11(17)14-9-3-4-10(16)12(9)18/h2,5-7,9-10,12,16,18H,3-4H2,1H3,(H,14,17)/t9-,10-,12-/m1/s1. The first kappa shape index (κ1) is 12.8. The van der Waals surface area contributed by atoms with E-state index in [4.69, 9.17) is 0 Å². The zero-order chi connectivity index (χ0) is 13.1. The molecule has 1 fully saturated rings. The van der Waals surface area contributed by atoms with Gasteiger partial charge in [0.25, 0.3) is 0 Å². The zero-order valence-corrected chi connectivity index (χ0v) is 10.2. The van der Waals surface area contributed by atoms with Gasteiger partial charge < -0.3 is 15.5 Å². The van der Waals surface area contributed by atoms with Crippen LogP contribution in [0.15, 0.2) is 18.3 Å². The molecule has 0 spiro atoms. The third-order valence-electron chi connectivity index (χ3n) is 3.17. The average Bonchev–Trinajstić information content (AvgIpc) is 2.88. The Morgan fingerprint density at radius 1 is 1.56 bits per heavy atom. The Kier molecular flexibility index (Phi) is 3.78. The van der Waals surface area contributed by atoms with Gasteiger partial charge in [-0.1, -0.05) is 0 Å². The maximum Gasteiger partial charge on any atom is 0.244 e. The first-order valence-corrected chi connectivity index (χ1v) is 5.90. The molecular weight excluding hydrogens is 234 g/mol. The Labute approximate surface area is 105 Å². The Balaban J connectivity index is 1.90. The van der Waals surface area contributed by atoms with Crippen LogP contribution in [0, 0.1) is 0 Å². The molecule has 0 aromatic carbocycles. The summed E-state index contributed by atoms with van der Waals surface area (Å²) in [6.45, 7) is 0. The lowest BCUT2D eigenvalue weighted by atomic mass is 10.2. The molecule has 0 radical (unpaired) electrons. The van der Waals surface area contributed by atoms with E-state index in [-0.39, 0.29) is 11.9 Å². The number of aryl methyl sites for hydroxylation is 1. The molecule has 3 N–H and O–H groups in total. The topological polar surface area (TPSA) is 87.4 Å². The summed E-state index contributed by atoms with van der Waals surface area (Å²) in [6, 6.07) is 1.42. The van der Waals surface area contributed by atoms with Gasteiger partial charge in [-0.2, -0.15) is 5.10 Å². The molecule has 1 amide bonds. The second-order valence-electron chi connectivity index (χ2n) is 4.46. The van der Waals surface area contributed by atoms with Gasteiger partial charge in [-0.3, -0.25) is 9.48 Å². The highest BCUT2D eigenvalue weighted by Gasteiger charge is 2.33. The Morgan fingerprint density at radius 3 is 2.89 bits per heavy atom. The number of amides is 1. The normalized spacial score (nSPS) is 27.8. The highest BCUT2D eigenvalue weighted by Crippen LogP contribution is 2.19. The van der Waals surface area contributed by atoms with E-state index in [9.17, 15) is 15.0 Å². The summed E-state index contributed by atoms with van der Waals surface area (Å²) < 4.78 is 1.65. The van der Waals surface area contributed by atoms with E-state index in [1.165, 1.54) is 6.08 Å². The van der Waals surface area contributed by atoms with Crippen LogP contribution in [-0.2, 0) is 11.8 Å². The van der Waals surface area contributed by atoms with Crippen LogP contribution in [0.3, 0.4) is 0 Å². The third-order valence-corrected chi connectivity index (χ3v) is 3.17. The summed E-state index contributed by atoms with van der Waals surface area (Å²) in [4.78, 5) is 11.6. The minimum atomic E-state index is -0.876. The van der Waals surface area contributed by atoms with Crippen LogP contribution < -0.4 is 5.32 Å². The molecule has 1 aliphatic rings. The molecule has 0 unspecified atom stereocenters. The fraction of sp³-hybridized carbons (Fsp3) is 0.500. The maximum absolute atomic E-state index is 11.6. The smallest absolute Gasteiger partial charge is 0.244 e. The molecule has 1 aromatic rings. The van der Waals surface area contributed by atoms with Gasteiger partial charge in [0.2, 0.25) is 5.91 Å². The van der Waals surface area contributed by atoms with Gasteiger partial charge in [-0.05, 0) is 25.0 Å². The molecule has 6 heteroatoms. The summed E-state index contributed by atoms with van der Waals surface area (Å²) >= 11 is 0. The first-order valence-electron chi connectivity index (χ1n) is 5.90. The number of nitrogens with zero attached hydrogens (tertiary/aromatic N) is 2. The van der Waals surface area contributed by atoms with Crippen molar-refractivity contribution in [2.45, 2.75) is 31.1 Å². The Bertz CT molecular complexity index is 455. The van der Waals surface area contributed by atoms with Crippen LogP contribution in [0.25, 0.3) is 6.08 Å². The van der Waals surface area contributed by atoms with Gasteiger partial charge in [0.05, 0.1) is 17.8 Å². The van der Waals surface area contributed by atoms with Gasteiger partial charge >= 0.3 is 0 Å². The molecule has 3 atom stereocenters. The van der Waals surface area contributed by atoms with Gasteiger partial charge in [-0.15, -0.1) is 0 Å². The lowest BCUT2D eigenvalue weighted by Crippen LogP contribution is -2.42. The summed E-state index contributed by atoms with van der Waals surface area (Å²) in [6.07, 6.45) is 4.18. The maximum atomic E-state index is 11.6. The lowest BCUT2D eigenvalue weighted by Gasteiger charge is -2.16. The summed E-state index contributed by atoms with van der Waals surface area (Å²) in [5, 5.41) is 25.6. The van der Waals surface area contributed by atoms with Crippen molar-refractivity contribution in [2.24, 2.45) is 7.05 Å². The van der Waals surface area contributed by atoms with Crippen molar-refractivity contribution in [3.63, 3.8) is 0 Å². The Morgan fingerprint density at radius 2 is 2.33 bits per heavy atom. The minimum Gasteiger partial charge on any atom is -0.390 e. The monoisotopic (exact) mass is 251 g/mol. The molecule has 1 heterocycles. The van der Waals surface area contributed by atoms with Gasteiger partial charge in [0.15, 0.2) is 0 Å². The van der Waals surface area contributed by atoms with Crippen molar-refractivity contribution < 1.29 is 15.0 Å². The minimum absolute atomic E-state index is 0.283. The molecule has 6 nitrogen and oxygen atoms in total. The van der Waals surface area contributed by atoms with Crippen LogP contribution in [-0.4, -0.2) is 44.2 Å². The second-order valence-corrected chi connectivity index (χ2v) is 4.46. The van der Waals surface area contributed by atoms with Crippen molar-refractivity contribution in [2.75, 3.05) is 0 Å². The van der Waals surface area contributed by atoms with Crippen LogP contribution in [0.2, 0.25) is 0 Å². The number of hydrogen-bond acceptors (Lipinski definition) is 4. The van der Waals surface area contributed by atoms with Crippen LogP contribution in [0.4, 0.5) is 0 Å². The second kappa shape index (κ2) is 5.32. The van der Waals surface area contributed by atoms with E-state index in [1.807, 2.05) is 0 Å². The number of aromatic nitrogens is 2. The molecule has 0 saturated heterocycles. The zero-order valence-electron chi connectivity index (χ0n) is 10.2. The van der Waals surface area contributed by atoms with E-state index >= 15 is 0 Å². The number of aliphatic hydroxyl groups is 2. The predicted molar refractivity (Wildman–Crippen MR) is 65.4 cm³/mol. The van der Waals surface area contributed by atoms with E-state index in [0.29, 0.717) is 12.8 Å². The molecule has 1 saturated carbocycles. The van der Waals surface area contributed by atoms with Crippen molar-refractivity contribution in [1.29, 1.82) is 0 Å². The summed E-state index contributed by atoms with van der Waals surface area (Å²) in [7, 11) is 1.79. The van der Waals surface area contributed by atoms with Crippen molar-refractivity contribution in [1.82, 2.24) is 15.1 Å². The molecular formula is C12H17N3O3. The molecule has 1 aliphatic carbocycles. The first-order chi connectivity index (χ1) is 8.58. The average molecular weight is 251 g/mol. The van der Waals surface area contributed by atoms with Crippen LogP contribution >= 0.6 is 0 Å². The molecule has 98 valence electrons. The highest BCUT2D eigenvalue weighted by molar-refractivity contribution is 5.91. The van der Waals surface area contributed by atoms with Crippen molar-refractivity contribution in [3.05, 3.63) is 24.0 Å². The number of nitrogens with one attached hydrogen (secondary N) is 1. The lowest BCUT2D eigenvalue weighted by molar-refractivity contribution is -0.118. The number of carbonyl (C=O) groups excluding carboxylic acids is 1. The molecule has 18 heavy (non-hydrogen) atoms. The van der Waals surface area contributed by atoms with Crippen molar-refractivity contribution in [3.8, 4) is 0 Å².